The zero-order chi connectivity index (χ0) is 18.4. The number of amides is 1. The molecule has 0 bridgehead atoms. The number of alkyl halides is 3. The van der Waals surface area contributed by atoms with Crippen molar-refractivity contribution in [1.82, 2.24) is 9.97 Å². The number of carbonyl (C=O) groups excluding carboxylic acids is 1. The number of rotatable bonds is 3. The predicted octanol–water partition coefficient (Wildman–Crippen LogP) is 2.60. The molecule has 9 heteroatoms. The second-order valence-corrected chi connectivity index (χ2v) is 5.40. The van der Waals surface area contributed by atoms with Crippen molar-refractivity contribution in [3.05, 3.63) is 65.2 Å². The first-order valence-corrected chi connectivity index (χ1v) is 6.98. The largest absolute Gasteiger partial charge is 0.428 e. The van der Waals surface area contributed by atoms with Crippen LogP contribution in [0.5, 0.6) is 0 Å². The quantitative estimate of drug-likeness (QED) is 0.632. The number of aromatic amines is 1. The van der Waals surface area contributed by atoms with E-state index < -0.39 is 34.9 Å². The molecule has 2 aromatic carbocycles. The van der Waals surface area contributed by atoms with Crippen LogP contribution in [0, 0.1) is 5.82 Å². The molecular formula is C16H11F4N3O2. The van der Waals surface area contributed by atoms with Crippen LogP contribution in [0.15, 0.2) is 42.5 Å². The molecule has 25 heavy (non-hydrogen) atoms. The predicted molar refractivity (Wildman–Crippen MR) is 80.1 cm³/mol. The van der Waals surface area contributed by atoms with E-state index in [0.29, 0.717) is 0 Å². The van der Waals surface area contributed by atoms with Crippen LogP contribution in [0.3, 0.4) is 0 Å². The average Bonchev–Trinajstić information content (AvgIpc) is 2.97. The van der Waals surface area contributed by atoms with Crippen molar-refractivity contribution in [2.45, 2.75) is 11.8 Å². The highest BCUT2D eigenvalue weighted by Gasteiger charge is 2.58. The average molecular weight is 353 g/mol. The molecule has 3 rings (SSSR count). The van der Waals surface area contributed by atoms with Crippen LogP contribution < -0.4 is 5.73 Å². The number of aliphatic hydroxyl groups is 1. The van der Waals surface area contributed by atoms with Gasteiger partial charge in [-0.3, -0.25) is 4.79 Å². The summed E-state index contributed by atoms with van der Waals surface area (Å²) in [6, 6.07) is 7.10. The van der Waals surface area contributed by atoms with Gasteiger partial charge in [0.05, 0.1) is 11.0 Å². The number of nitrogens with one attached hydrogen (secondary N) is 1. The molecule has 0 fully saturated rings. The number of benzene rings is 2. The fourth-order valence-electron chi connectivity index (χ4n) is 2.46. The molecule has 3 aromatic rings. The molecule has 130 valence electrons. The minimum absolute atomic E-state index is 0.0695. The van der Waals surface area contributed by atoms with Gasteiger partial charge in [-0.1, -0.05) is 12.1 Å². The van der Waals surface area contributed by atoms with E-state index in [1.807, 2.05) is 0 Å². The van der Waals surface area contributed by atoms with E-state index in [1.54, 1.807) is 0 Å². The zero-order valence-corrected chi connectivity index (χ0v) is 12.4. The Bertz CT molecular complexity index is 950. The van der Waals surface area contributed by atoms with Gasteiger partial charge in [0.2, 0.25) is 11.5 Å². The molecule has 4 N–H and O–H groups in total. The summed E-state index contributed by atoms with van der Waals surface area (Å²) < 4.78 is 53.9. The van der Waals surface area contributed by atoms with Crippen LogP contribution in [0.1, 0.15) is 21.7 Å². The van der Waals surface area contributed by atoms with E-state index in [2.05, 4.69) is 9.97 Å². The molecule has 1 amide bonds. The van der Waals surface area contributed by atoms with Crippen molar-refractivity contribution in [3.8, 4) is 0 Å². The minimum atomic E-state index is -5.13. The Hall–Kier alpha value is -2.94. The lowest BCUT2D eigenvalue weighted by Gasteiger charge is -2.28. The van der Waals surface area contributed by atoms with Crippen molar-refractivity contribution in [3.63, 3.8) is 0 Å². The van der Waals surface area contributed by atoms with Crippen LogP contribution in [0.4, 0.5) is 17.6 Å². The number of aromatic nitrogens is 2. The minimum Gasteiger partial charge on any atom is -0.370 e. The highest BCUT2D eigenvalue weighted by molar-refractivity contribution is 5.96. The normalized spacial score (nSPS) is 14.4. The summed E-state index contributed by atoms with van der Waals surface area (Å²) in [7, 11) is 0. The molecule has 0 aliphatic carbocycles. The summed E-state index contributed by atoms with van der Waals surface area (Å²) in [5.74, 6) is -2.31. The Morgan fingerprint density at radius 2 is 1.76 bits per heavy atom. The second-order valence-electron chi connectivity index (χ2n) is 5.40. The molecule has 1 heterocycles. The molecule has 1 unspecified atom stereocenters. The zero-order valence-electron chi connectivity index (χ0n) is 12.4. The topological polar surface area (TPSA) is 92.0 Å². The van der Waals surface area contributed by atoms with Gasteiger partial charge in [0.15, 0.2) is 5.82 Å². The summed E-state index contributed by atoms with van der Waals surface area (Å²) in [5.41, 5.74) is 1.32. The summed E-state index contributed by atoms with van der Waals surface area (Å²) in [6.45, 7) is 0. The number of carbonyl (C=O) groups is 1. The van der Waals surface area contributed by atoms with Gasteiger partial charge in [0.25, 0.3) is 0 Å². The lowest BCUT2D eigenvalue weighted by Crippen LogP contribution is -2.44. The standard InChI is InChI=1S/C16H11F4N3O2/c17-10-4-2-9(3-5-10)15(25,16(18,19)20)14-22-11-6-1-8(13(21)24)7-12(11)23-14/h1-7,25H,(H2,21,24)(H,22,23). The first kappa shape index (κ1) is 16.9. The molecule has 0 spiro atoms. The van der Waals surface area contributed by atoms with Crippen LogP contribution >= 0.6 is 0 Å². The Labute approximate surface area is 138 Å². The maximum Gasteiger partial charge on any atom is 0.428 e. The molecular weight excluding hydrogens is 342 g/mol. The SMILES string of the molecule is NC(=O)c1ccc2nc(C(O)(c3ccc(F)cc3)C(F)(F)F)[nH]c2c1. The fraction of sp³-hybridized carbons (Fsp3) is 0.125. The van der Waals surface area contributed by atoms with Gasteiger partial charge < -0.3 is 15.8 Å². The maximum absolute atomic E-state index is 13.6. The van der Waals surface area contributed by atoms with Gasteiger partial charge in [-0.25, -0.2) is 9.37 Å². The van der Waals surface area contributed by atoms with Crippen molar-refractivity contribution in [1.29, 1.82) is 0 Å². The van der Waals surface area contributed by atoms with Crippen molar-refractivity contribution < 1.29 is 27.5 Å². The van der Waals surface area contributed by atoms with Gasteiger partial charge in [0.1, 0.15) is 5.82 Å². The Balaban J connectivity index is 2.22. The van der Waals surface area contributed by atoms with E-state index in [0.717, 1.165) is 24.3 Å². The summed E-state index contributed by atoms with van der Waals surface area (Å²) in [6.07, 6.45) is -5.13. The third-order valence-corrected chi connectivity index (χ3v) is 3.78. The van der Waals surface area contributed by atoms with E-state index in [1.165, 1.54) is 18.2 Å². The third-order valence-electron chi connectivity index (χ3n) is 3.78. The van der Waals surface area contributed by atoms with Gasteiger partial charge in [-0.15, -0.1) is 0 Å². The van der Waals surface area contributed by atoms with Crippen molar-refractivity contribution >= 4 is 16.9 Å². The van der Waals surface area contributed by atoms with Gasteiger partial charge in [-0.2, -0.15) is 13.2 Å². The summed E-state index contributed by atoms with van der Waals surface area (Å²) >= 11 is 0. The lowest BCUT2D eigenvalue weighted by molar-refractivity contribution is -0.251. The van der Waals surface area contributed by atoms with E-state index >= 15 is 0 Å². The first-order valence-electron chi connectivity index (χ1n) is 6.98. The lowest BCUT2D eigenvalue weighted by atomic mass is 9.92. The highest BCUT2D eigenvalue weighted by atomic mass is 19.4. The number of halogens is 4. The Morgan fingerprint density at radius 3 is 2.32 bits per heavy atom. The smallest absolute Gasteiger partial charge is 0.370 e. The Kier molecular flexibility index (Phi) is 3.76. The number of nitrogens with zero attached hydrogens (tertiary/aromatic N) is 1. The number of nitrogens with two attached hydrogens (primary N) is 1. The third kappa shape index (κ3) is 2.72. The molecule has 0 aliphatic rings. The Morgan fingerprint density at radius 1 is 1.12 bits per heavy atom. The van der Waals surface area contributed by atoms with E-state index in [-0.39, 0.29) is 16.6 Å². The summed E-state index contributed by atoms with van der Waals surface area (Å²) in [4.78, 5) is 17.3. The van der Waals surface area contributed by atoms with Gasteiger partial charge >= 0.3 is 6.18 Å². The fourth-order valence-corrected chi connectivity index (χ4v) is 2.46. The van der Waals surface area contributed by atoms with Gasteiger partial charge in [-0.05, 0) is 30.3 Å². The van der Waals surface area contributed by atoms with Crippen LogP contribution in [0.2, 0.25) is 0 Å². The highest BCUT2D eigenvalue weighted by Crippen LogP contribution is 2.43. The number of fused-ring (bicyclic) bond motifs is 1. The number of imidazole rings is 1. The number of hydrogen-bond acceptors (Lipinski definition) is 3. The molecule has 0 saturated carbocycles. The van der Waals surface area contributed by atoms with Crippen molar-refractivity contribution in [2.24, 2.45) is 5.73 Å². The van der Waals surface area contributed by atoms with Gasteiger partial charge in [0, 0.05) is 11.1 Å². The molecule has 1 aromatic heterocycles. The van der Waals surface area contributed by atoms with Crippen LogP contribution in [-0.2, 0) is 5.60 Å². The molecule has 0 radical (unpaired) electrons. The summed E-state index contributed by atoms with van der Waals surface area (Å²) in [5, 5.41) is 10.4. The van der Waals surface area contributed by atoms with Crippen LogP contribution in [0.25, 0.3) is 11.0 Å². The molecule has 5 nitrogen and oxygen atoms in total. The number of H-pyrrole nitrogens is 1. The van der Waals surface area contributed by atoms with Crippen molar-refractivity contribution in [2.75, 3.05) is 0 Å². The molecule has 1 atom stereocenters. The maximum atomic E-state index is 13.6. The number of hydrogen-bond donors (Lipinski definition) is 3. The molecule has 0 aliphatic heterocycles. The molecule has 0 saturated heterocycles. The number of primary amides is 1. The second kappa shape index (κ2) is 5.55. The van der Waals surface area contributed by atoms with E-state index in [4.69, 9.17) is 5.73 Å². The van der Waals surface area contributed by atoms with E-state index in [9.17, 15) is 27.5 Å². The monoisotopic (exact) mass is 353 g/mol. The van der Waals surface area contributed by atoms with Crippen LogP contribution in [-0.4, -0.2) is 27.2 Å². The first-order chi connectivity index (χ1) is 11.6.